The van der Waals surface area contributed by atoms with Crippen LogP contribution in [-0.4, -0.2) is 83.3 Å². The summed E-state index contributed by atoms with van der Waals surface area (Å²) in [5.74, 6) is 0.536. The Bertz CT molecular complexity index is 1520. The summed E-state index contributed by atoms with van der Waals surface area (Å²) in [4.78, 5) is 23.7. The van der Waals surface area contributed by atoms with E-state index in [1.165, 1.54) is 38.9 Å². The molecular formula is C31H40N6O3S. The van der Waals surface area contributed by atoms with Gasteiger partial charge in [0.25, 0.3) is 5.91 Å². The molecule has 1 saturated carbocycles. The molecule has 1 aliphatic carbocycles. The monoisotopic (exact) mass is 576 g/mol. The number of hydrogen-bond acceptors (Lipinski definition) is 7. The minimum atomic E-state index is -3.64. The fourth-order valence-corrected chi connectivity index (χ4v) is 8.57. The highest BCUT2D eigenvalue weighted by atomic mass is 32.2. The van der Waals surface area contributed by atoms with Gasteiger partial charge in [-0.25, -0.2) is 22.4 Å². The van der Waals surface area contributed by atoms with Gasteiger partial charge in [-0.3, -0.25) is 4.79 Å². The normalized spacial score (nSPS) is 22.3. The van der Waals surface area contributed by atoms with E-state index in [4.69, 9.17) is 10.1 Å². The number of fused-ring (bicyclic) bond motifs is 1. The highest BCUT2D eigenvalue weighted by molar-refractivity contribution is 7.89. The number of para-hydroxylation sites is 1. The van der Waals surface area contributed by atoms with E-state index in [-0.39, 0.29) is 18.0 Å². The Morgan fingerprint density at radius 2 is 1.61 bits per heavy atom. The molecule has 2 aromatic heterocycles. The Balaban J connectivity index is 1.32. The first-order valence-electron chi connectivity index (χ1n) is 15.5. The summed E-state index contributed by atoms with van der Waals surface area (Å²) >= 11 is 0. The number of carbonyl (C=O) groups is 1. The molecule has 0 spiro atoms. The van der Waals surface area contributed by atoms with Crippen LogP contribution in [-0.2, 0) is 10.0 Å². The van der Waals surface area contributed by atoms with E-state index < -0.39 is 15.9 Å². The van der Waals surface area contributed by atoms with E-state index in [2.05, 4.69) is 9.80 Å². The van der Waals surface area contributed by atoms with Gasteiger partial charge in [-0.05, 0) is 88.6 Å². The summed E-state index contributed by atoms with van der Waals surface area (Å²) in [7, 11) is -3.64. The number of aromatic nitrogens is 3. The highest BCUT2D eigenvalue weighted by Crippen LogP contribution is 2.43. The van der Waals surface area contributed by atoms with Crippen LogP contribution in [0.2, 0.25) is 0 Å². The molecule has 7 rings (SSSR count). The summed E-state index contributed by atoms with van der Waals surface area (Å²) in [5, 5.41) is 6.16. The number of rotatable bonds is 6. The molecule has 4 fully saturated rings. The minimum absolute atomic E-state index is 0.00610. The zero-order valence-corrected chi connectivity index (χ0v) is 24.6. The Hall–Kier alpha value is -2.98. The van der Waals surface area contributed by atoms with Crippen molar-refractivity contribution in [1.82, 2.24) is 24.0 Å². The van der Waals surface area contributed by atoms with Gasteiger partial charge < -0.3 is 9.80 Å². The summed E-state index contributed by atoms with van der Waals surface area (Å²) in [6.45, 7) is 5.65. The standard InChI is InChI=1S/C31H40N6O3S/c38-31(36-17-6-7-20-41(36,39)40)26-21-27(35-18-13-23(14-19-35)22-34-15-4-5-16-34)28-29(24-9-8-10-24)33-37(30(28)32-26)25-11-2-1-3-12-25/h1-3,11-12,21,23-24H,4-10,13-20,22H2. The molecule has 3 aliphatic heterocycles. The third-order valence-electron chi connectivity index (χ3n) is 9.60. The molecule has 3 aromatic rings. The maximum absolute atomic E-state index is 13.8. The van der Waals surface area contributed by atoms with Crippen LogP contribution < -0.4 is 4.90 Å². The van der Waals surface area contributed by atoms with E-state index in [0.717, 1.165) is 65.5 Å². The summed E-state index contributed by atoms with van der Waals surface area (Å²) in [6.07, 6.45) is 9.50. The molecule has 218 valence electrons. The van der Waals surface area contributed by atoms with Gasteiger partial charge in [-0.2, -0.15) is 5.10 Å². The second kappa shape index (κ2) is 11.0. The van der Waals surface area contributed by atoms with Gasteiger partial charge in [0.15, 0.2) is 5.65 Å². The molecule has 5 heterocycles. The molecule has 9 nitrogen and oxygen atoms in total. The lowest BCUT2D eigenvalue weighted by molar-refractivity contribution is 0.0850. The van der Waals surface area contributed by atoms with E-state index in [1.54, 1.807) is 0 Å². The Labute approximate surface area is 242 Å². The molecule has 0 unspecified atom stereocenters. The first kappa shape index (κ1) is 26.9. The molecule has 0 atom stereocenters. The first-order chi connectivity index (χ1) is 20.0. The van der Waals surface area contributed by atoms with Gasteiger partial charge in [-0.1, -0.05) is 24.6 Å². The fourth-order valence-electron chi connectivity index (χ4n) is 7.03. The Kier molecular flexibility index (Phi) is 7.23. The number of likely N-dealkylation sites (tertiary alicyclic amines) is 1. The van der Waals surface area contributed by atoms with Crippen molar-refractivity contribution >= 4 is 32.7 Å². The molecule has 10 heteroatoms. The van der Waals surface area contributed by atoms with Gasteiger partial charge in [0, 0.05) is 32.1 Å². The molecule has 41 heavy (non-hydrogen) atoms. The molecule has 0 bridgehead atoms. The number of carbonyl (C=O) groups excluding carboxylic acids is 1. The average Bonchev–Trinajstić information content (AvgIpc) is 3.60. The van der Waals surface area contributed by atoms with Gasteiger partial charge >= 0.3 is 0 Å². The maximum atomic E-state index is 13.8. The number of anilines is 1. The van der Waals surface area contributed by atoms with Gasteiger partial charge in [0.1, 0.15) is 5.69 Å². The molecule has 1 aromatic carbocycles. The Morgan fingerprint density at radius 3 is 2.29 bits per heavy atom. The van der Waals surface area contributed by atoms with Crippen molar-refractivity contribution in [2.75, 3.05) is 49.9 Å². The number of hydrogen-bond donors (Lipinski definition) is 0. The van der Waals surface area contributed by atoms with Crippen LogP contribution in [0.4, 0.5) is 5.69 Å². The van der Waals surface area contributed by atoms with Crippen molar-refractivity contribution in [3.63, 3.8) is 0 Å². The van der Waals surface area contributed by atoms with Gasteiger partial charge in [0.05, 0.1) is 28.2 Å². The Morgan fingerprint density at radius 1 is 0.878 bits per heavy atom. The zero-order chi connectivity index (χ0) is 28.0. The van der Waals surface area contributed by atoms with Crippen LogP contribution in [0.25, 0.3) is 16.7 Å². The van der Waals surface area contributed by atoms with Crippen LogP contribution in [0.5, 0.6) is 0 Å². The third-order valence-corrected chi connectivity index (χ3v) is 11.4. The molecule has 4 aliphatic rings. The topological polar surface area (TPSA) is 91.6 Å². The van der Waals surface area contributed by atoms with Crippen LogP contribution in [0, 0.1) is 5.92 Å². The molecule has 0 N–H and O–H groups in total. The predicted molar refractivity (Wildman–Crippen MR) is 160 cm³/mol. The van der Waals surface area contributed by atoms with Crippen LogP contribution in [0.3, 0.4) is 0 Å². The van der Waals surface area contributed by atoms with Crippen molar-refractivity contribution in [3.05, 3.63) is 47.8 Å². The van der Waals surface area contributed by atoms with Crippen molar-refractivity contribution in [3.8, 4) is 5.69 Å². The van der Waals surface area contributed by atoms with Gasteiger partial charge in [0.2, 0.25) is 10.0 Å². The average molecular weight is 577 g/mol. The van der Waals surface area contributed by atoms with Crippen molar-refractivity contribution in [2.45, 2.75) is 63.7 Å². The largest absolute Gasteiger partial charge is 0.371 e. The second-order valence-corrected chi connectivity index (χ2v) is 14.3. The van der Waals surface area contributed by atoms with E-state index >= 15 is 0 Å². The fraction of sp³-hybridized carbons (Fsp3) is 0.581. The van der Waals surface area contributed by atoms with Crippen LogP contribution in [0.15, 0.2) is 36.4 Å². The maximum Gasteiger partial charge on any atom is 0.286 e. The van der Waals surface area contributed by atoms with Gasteiger partial charge in [-0.15, -0.1) is 0 Å². The molecule has 1 amide bonds. The zero-order valence-electron chi connectivity index (χ0n) is 23.7. The SMILES string of the molecule is O=C(c1cc(N2CCC(CN3CCCC3)CC2)c2c(C3CCC3)nn(-c3ccccc3)c2n1)N1CCCCS1(=O)=O. The predicted octanol–water partition coefficient (Wildman–Crippen LogP) is 4.57. The number of nitrogens with zero attached hydrogens (tertiary/aromatic N) is 6. The lowest BCUT2D eigenvalue weighted by Crippen LogP contribution is -2.42. The summed E-state index contributed by atoms with van der Waals surface area (Å²) in [5.41, 5.74) is 3.76. The highest BCUT2D eigenvalue weighted by Gasteiger charge is 2.35. The number of piperidine rings is 1. The lowest BCUT2D eigenvalue weighted by Gasteiger charge is -2.36. The number of sulfonamides is 1. The molecule has 3 saturated heterocycles. The summed E-state index contributed by atoms with van der Waals surface area (Å²) < 4.78 is 28.7. The van der Waals surface area contributed by atoms with E-state index in [1.807, 2.05) is 41.1 Å². The van der Waals surface area contributed by atoms with Crippen LogP contribution in [0.1, 0.15) is 79.9 Å². The molecule has 0 radical (unpaired) electrons. The number of pyridine rings is 1. The van der Waals surface area contributed by atoms with Crippen molar-refractivity contribution in [1.29, 1.82) is 0 Å². The summed E-state index contributed by atoms with van der Waals surface area (Å²) in [6, 6.07) is 11.8. The minimum Gasteiger partial charge on any atom is -0.371 e. The smallest absolute Gasteiger partial charge is 0.286 e. The van der Waals surface area contributed by atoms with Crippen molar-refractivity contribution < 1.29 is 13.2 Å². The third kappa shape index (κ3) is 5.14. The molecular weight excluding hydrogens is 536 g/mol. The second-order valence-electron chi connectivity index (χ2n) is 12.3. The van der Waals surface area contributed by atoms with Crippen molar-refractivity contribution in [2.24, 2.45) is 5.92 Å². The number of amides is 1. The van der Waals surface area contributed by atoms with E-state index in [0.29, 0.717) is 30.3 Å². The quantitative estimate of drug-likeness (QED) is 0.425. The number of benzene rings is 1. The van der Waals surface area contributed by atoms with Crippen LogP contribution >= 0.6 is 0 Å². The first-order valence-corrected chi connectivity index (χ1v) is 17.1. The lowest BCUT2D eigenvalue weighted by atomic mass is 9.81. The van der Waals surface area contributed by atoms with E-state index in [9.17, 15) is 13.2 Å².